The molecular weight excluding hydrogens is 277 g/mol. The Morgan fingerprint density at radius 2 is 2.19 bits per heavy atom. The Morgan fingerprint density at radius 1 is 1.48 bits per heavy atom. The van der Waals surface area contributed by atoms with E-state index >= 15 is 0 Å². The van der Waals surface area contributed by atoms with Gasteiger partial charge in [0.1, 0.15) is 13.7 Å². The summed E-state index contributed by atoms with van der Waals surface area (Å²) in [4.78, 5) is 8.79. The van der Waals surface area contributed by atoms with Gasteiger partial charge in [0.2, 0.25) is 0 Å². The molecule has 1 N–H and O–H groups in total. The second-order valence-electron chi connectivity index (χ2n) is 5.86. The van der Waals surface area contributed by atoms with Gasteiger partial charge in [-0.1, -0.05) is 38.9 Å². The molecule has 0 aliphatic carbocycles. The summed E-state index contributed by atoms with van der Waals surface area (Å²) in [5, 5.41) is 8.63. The molecule has 0 saturated heterocycles. The molecule has 1 aromatic heterocycles. The minimum absolute atomic E-state index is 0.273. The van der Waals surface area contributed by atoms with Crippen LogP contribution < -0.4 is 10.9 Å². The zero-order chi connectivity index (χ0) is 15.6. The molecule has 1 aliphatic rings. The van der Waals surface area contributed by atoms with Gasteiger partial charge < -0.3 is 5.32 Å². The molecule has 0 spiro atoms. The summed E-state index contributed by atoms with van der Waals surface area (Å²) >= 11 is 0. The predicted octanol–water partition coefficient (Wildman–Crippen LogP) is 2.56. The molecule has 1 aliphatic heterocycles. The van der Waals surface area contributed by atoms with Crippen molar-refractivity contribution in [2.75, 3.05) is 5.32 Å². The molecule has 2 heterocycles. The van der Waals surface area contributed by atoms with Gasteiger partial charge in [-0.25, -0.2) is 4.98 Å². The van der Waals surface area contributed by atoms with Crippen LogP contribution >= 0.6 is 10.0 Å². The molecule has 3 atom stereocenters. The van der Waals surface area contributed by atoms with E-state index in [0.29, 0.717) is 22.5 Å². The van der Waals surface area contributed by atoms with Gasteiger partial charge >= 0.3 is 0 Å². The fourth-order valence-electron chi connectivity index (χ4n) is 3.01. The molecule has 5 heteroatoms. The molecule has 2 rings (SSSR count). The molecule has 1 aromatic rings. The van der Waals surface area contributed by atoms with E-state index in [4.69, 9.17) is 7.85 Å². The molecule has 2 radical (unpaired) electrons. The number of fused-ring (bicyclic) bond motifs is 1. The zero-order valence-corrected chi connectivity index (χ0v) is 14.4. The number of aromatic nitrogens is 2. The fraction of sp³-hybridized carbons (Fsp3) is 0.625. The number of hydrogen-bond acceptors (Lipinski definition) is 3. The summed E-state index contributed by atoms with van der Waals surface area (Å²) in [5.41, 5.74) is 1.35. The molecular formula is C16H24BN3S. The molecule has 3 nitrogen and oxygen atoms in total. The lowest BCUT2D eigenvalue weighted by Crippen LogP contribution is -2.36. The molecule has 112 valence electrons. The van der Waals surface area contributed by atoms with Crippen LogP contribution in [0.5, 0.6) is 0 Å². The minimum atomic E-state index is -1.12. The van der Waals surface area contributed by atoms with Crippen molar-refractivity contribution < 1.29 is 0 Å². The molecule has 3 unspecified atom stereocenters. The lowest BCUT2D eigenvalue weighted by molar-refractivity contribution is 0.858. The number of nitrogens with one attached hydrogen (secondary N) is 1. The second-order valence-corrected chi connectivity index (χ2v) is 10.0. The van der Waals surface area contributed by atoms with E-state index in [2.05, 4.69) is 61.1 Å². The van der Waals surface area contributed by atoms with Crippen molar-refractivity contribution in [1.82, 2.24) is 9.97 Å². The highest BCUT2D eigenvalue weighted by atomic mass is 32.3. The third-order valence-electron chi connectivity index (χ3n) is 4.32. The topological polar surface area (TPSA) is 37.8 Å². The van der Waals surface area contributed by atoms with E-state index < -0.39 is 10.0 Å². The second kappa shape index (κ2) is 6.31. The van der Waals surface area contributed by atoms with Crippen molar-refractivity contribution in [3.63, 3.8) is 0 Å². The van der Waals surface area contributed by atoms with Crippen molar-refractivity contribution >= 4 is 29.3 Å². The van der Waals surface area contributed by atoms with E-state index in [1.165, 1.54) is 0 Å². The third-order valence-corrected chi connectivity index (χ3v) is 9.33. The van der Waals surface area contributed by atoms with Gasteiger partial charge in [0.25, 0.3) is 0 Å². The Kier molecular flexibility index (Phi) is 4.88. The van der Waals surface area contributed by atoms with Crippen LogP contribution in [0.25, 0.3) is 0 Å². The van der Waals surface area contributed by atoms with Crippen LogP contribution in [0.1, 0.15) is 46.7 Å². The van der Waals surface area contributed by atoms with Crippen molar-refractivity contribution in [1.29, 1.82) is 0 Å². The highest BCUT2D eigenvalue weighted by Gasteiger charge is 2.38. The molecule has 0 amide bonds. The van der Waals surface area contributed by atoms with E-state index in [-0.39, 0.29) is 5.37 Å². The van der Waals surface area contributed by atoms with Gasteiger partial charge in [-0.2, -0.15) is 10.0 Å². The zero-order valence-electron chi connectivity index (χ0n) is 13.6. The largest absolute Gasteiger partial charge is 0.358 e. The molecule has 0 saturated carbocycles. The number of anilines is 1. The molecule has 0 fully saturated rings. The maximum Gasteiger partial charge on any atom is 0.148 e. The Bertz CT molecular complexity index is 579. The highest BCUT2D eigenvalue weighted by molar-refractivity contribution is 8.38. The van der Waals surface area contributed by atoms with Gasteiger partial charge in [-0.15, -0.1) is 0 Å². The van der Waals surface area contributed by atoms with Gasteiger partial charge in [0, 0.05) is 11.8 Å². The maximum atomic E-state index is 5.79. The maximum absolute atomic E-state index is 5.79. The Labute approximate surface area is 131 Å². The quantitative estimate of drug-likeness (QED) is 0.689. The summed E-state index contributed by atoms with van der Waals surface area (Å²) in [6.07, 6.45) is 3.38. The number of rotatable bonds is 3. The summed E-state index contributed by atoms with van der Waals surface area (Å²) in [7, 11) is 4.67. The number of nitrogens with zero attached hydrogens (tertiary/aromatic N) is 2. The monoisotopic (exact) mass is 301 g/mol. The summed E-state index contributed by atoms with van der Waals surface area (Å²) < 4.78 is 0. The molecule has 0 bridgehead atoms. The van der Waals surface area contributed by atoms with E-state index in [1.54, 1.807) is 6.20 Å². The predicted molar refractivity (Wildman–Crippen MR) is 94.5 cm³/mol. The van der Waals surface area contributed by atoms with Crippen LogP contribution in [0, 0.1) is 11.2 Å². The van der Waals surface area contributed by atoms with Gasteiger partial charge in [-0.3, -0.25) is 4.98 Å². The van der Waals surface area contributed by atoms with Gasteiger partial charge in [0.05, 0.1) is 17.5 Å². The Balaban J connectivity index is 2.50. The molecule has 0 aromatic carbocycles. The Morgan fingerprint density at radius 3 is 2.81 bits per heavy atom. The smallest absolute Gasteiger partial charge is 0.148 e. The number of hydrogen-bond donors (Lipinski definition) is 1. The first-order chi connectivity index (χ1) is 9.91. The van der Waals surface area contributed by atoms with Crippen LogP contribution in [0.4, 0.5) is 5.82 Å². The normalized spacial score (nSPS) is 29.0. The summed E-state index contributed by atoms with van der Waals surface area (Å²) in [5.74, 6) is 4.19. The molecule has 21 heavy (non-hydrogen) atoms. The van der Waals surface area contributed by atoms with Crippen LogP contribution in [-0.2, 0) is 6.42 Å². The fourth-order valence-corrected chi connectivity index (χ4v) is 7.25. The van der Waals surface area contributed by atoms with Gasteiger partial charge in [-0.05, 0) is 23.8 Å². The Hall–Kier alpha value is -1.15. The highest BCUT2D eigenvalue weighted by Crippen LogP contribution is 2.60. The summed E-state index contributed by atoms with van der Waals surface area (Å²) in [6.45, 7) is 11.4. The van der Waals surface area contributed by atoms with E-state index in [1.807, 2.05) is 0 Å². The van der Waals surface area contributed by atoms with Crippen LogP contribution in [0.3, 0.4) is 0 Å². The summed E-state index contributed by atoms with van der Waals surface area (Å²) in [6, 6.07) is 0. The van der Waals surface area contributed by atoms with E-state index in [9.17, 15) is 0 Å². The average Bonchev–Trinajstić information content (AvgIpc) is 2.42. The lowest BCUT2D eigenvalue weighted by Gasteiger charge is -2.49. The average molecular weight is 301 g/mol. The van der Waals surface area contributed by atoms with Crippen LogP contribution in [0.15, 0.2) is 6.20 Å². The van der Waals surface area contributed by atoms with Crippen molar-refractivity contribution in [2.24, 2.45) is 0 Å². The van der Waals surface area contributed by atoms with Crippen molar-refractivity contribution in [3.05, 3.63) is 11.9 Å². The standard InChI is InChI=1S/C16H24BN3S/c1-6-12(4)21(11(2)3)9-7-8-14-16(19-13(21)5)20-15(17)10-18-14/h10-13H,6,8H2,1-5H3,(H,19,20). The van der Waals surface area contributed by atoms with Crippen LogP contribution in [0.2, 0.25) is 0 Å². The van der Waals surface area contributed by atoms with Gasteiger partial charge in [0.15, 0.2) is 0 Å². The van der Waals surface area contributed by atoms with Crippen LogP contribution in [-0.4, -0.2) is 33.7 Å². The van der Waals surface area contributed by atoms with Crippen molar-refractivity contribution in [3.8, 4) is 11.2 Å². The lowest BCUT2D eigenvalue weighted by atomic mass is 10.1. The third kappa shape index (κ3) is 2.92. The minimum Gasteiger partial charge on any atom is -0.358 e. The first-order valence-electron chi connectivity index (χ1n) is 7.59. The first-order valence-corrected chi connectivity index (χ1v) is 9.41. The SMILES string of the molecule is [B]c1cnc2c(n1)NC(C)S(C(C)C)(C(C)CC)C#CC2. The van der Waals surface area contributed by atoms with E-state index in [0.717, 1.165) is 17.9 Å². The van der Waals surface area contributed by atoms with Crippen molar-refractivity contribution in [2.45, 2.75) is 63.3 Å². The first kappa shape index (κ1) is 16.2.